The van der Waals surface area contributed by atoms with Gasteiger partial charge < -0.3 is 9.73 Å². The van der Waals surface area contributed by atoms with Crippen molar-refractivity contribution in [1.82, 2.24) is 10.2 Å². The first-order chi connectivity index (χ1) is 9.19. The molecule has 2 aromatic rings. The molecule has 0 saturated carbocycles. The van der Waals surface area contributed by atoms with Crippen LogP contribution in [-0.4, -0.2) is 16.2 Å². The van der Waals surface area contributed by atoms with Crippen LogP contribution in [0.5, 0.6) is 0 Å². The number of benzene rings is 1. The molecule has 1 aromatic carbocycles. The molecule has 0 aliphatic rings. The molecule has 0 aliphatic carbocycles. The highest BCUT2D eigenvalue weighted by Crippen LogP contribution is 2.22. The minimum Gasteiger partial charge on any atom is -0.421 e. The molecule has 0 amide bonds. The topological polar surface area (TPSA) is 51.0 Å². The zero-order valence-electron chi connectivity index (χ0n) is 11.4. The van der Waals surface area contributed by atoms with E-state index >= 15 is 0 Å². The van der Waals surface area contributed by atoms with E-state index in [-0.39, 0.29) is 0 Å². The predicted octanol–water partition coefficient (Wildman–Crippen LogP) is 3.81. The Morgan fingerprint density at radius 1 is 1.42 bits per heavy atom. The highest BCUT2D eigenvalue weighted by Gasteiger charge is 2.07. The van der Waals surface area contributed by atoms with E-state index < -0.39 is 0 Å². The lowest BCUT2D eigenvalue weighted by molar-refractivity contribution is 0.533. The highest BCUT2D eigenvalue weighted by atomic mass is 16.4. The summed E-state index contributed by atoms with van der Waals surface area (Å²) >= 11 is 0. The van der Waals surface area contributed by atoms with E-state index in [4.69, 9.17) is 4.42 Å². The SMILES string of the molecule is C=CCC[C@H](C)Nc1cccc(-c2nnc(C)o2)c1. The van der Waals surface area contributed by atoms with E-state index in [1.54, 1.807) is 6.92 Å². The zero-order valence-corrected chi connectivity index (χ0v) is 11.4. The summed E-state index contributed by atoms with van der Waals surface area (Å²) in [6.45, 7) is 7.69. The normalized spacial score (nSPS) is 12.1. The molecule has 0 saturated heterocycles. The summed E-state index contributed by atoms with van der Waals surface area (Å²) in [5, 5.41) is 11.3. The maximum atomic E-state index is 5.43. The van der Waals surface area contributed by atoms with Crippen LogP contribution in [-0.2, 0) is 0 Å². The van der Waals surface area contributed by atoms with Crippen LogP contribution < -0.4 is 5.32 Å². The van der Waals surface area contributed by atoms with Gasteiger partial charge in [0, 0.05) is 24.2 Å². The second kappa shape index (κ2) is 6.18. The molecule has 0 bridgehead atoms. The summed E-state index contributed by atoms with van der Waals surface area (Å²) < 4.78 is 5.43. The van der Waals surface area contributed by atoms with Crippen LogP contribution in [0, 0.1) is 6.92 Å². The molecule has 2 rings (SSSR count). The van der Waals surface area contributed by atoms with Crippen LogP contribution in [0.15, 0.2) is 41.3 Å². The Morgan fingerprint density at radius 3 is 2.95 bits per heavy atom. The molecule has 1 atom stereocenters. The van der Waals surface area contributed by atoms with Gasteiger partial charge in [-0.25, -0.2) is 0 Å². The van der Waals surface area contributed by atoms with Gasteiger partial charge >= 0.3 is 0 Å². The molecule has 0 radical (unpaired) electrons. The first kappa shape index (κ1) is 13.3. The van der Waals surface area contributed by atoms with Gasteiger partial charge in [-0.2, -0.15) is 0 Å². The number of allylic oxidation sites excluding steroid dienone is 1. The molecule has 0 spiro atoms. The van der Waals surface area contributed by atoms with Crippen LogP contribution in [0.1, 0.15) is 25.7 Å². The lowest BCUT2D eigenvalue weighted by Crippen LogP contribution is -2.14. The third kappa shape index (κ3) is 3.68. The number of rotatable bonds is 6. The van der Waals surface area contributed by atoms with Crippen molar-refractivity contribution in [2.75, 3.05) is 5.32 Å². The van der Waals surface area contributed by atoms with Gasteiger partial charge in [-0.3, -0.25) is 0 Å². The van der Waals surface area contributed by atoms with Crippen LogP contribution >= 0.6 is 0 Å². The third-order valence-electron chi connectivity index (χ3n) is 2.85. The Morgan fingerprint density at radius 2 is 2.26 bits per heavy atom. The van der Waals surface area contributed by atoms with Gasteiger partial charge in [-0.15, -0.1) is 16.8 Å². The standard InChI is InChI=1S/C15H19N3O/c1-4-5-7-11(2)16-14-9-6-8-13(10-14)15-18-17-12(3)19-15/h4,6,8-11,16H,1,5,7H2,2-3H3/t11-/m0/s1. The second-order valence-corrected chi connectivity index (χ2v) is 4.62. The van der Waals surface area contributed by atoms with Gasteiger partial charge in [0.1, 0.15) is 0 Å². The van der Waals surface area contributed by atoms with E-state index in [1.807, 2.05) is 30.3 Å². The monoisotopic (exact) mass is 257 g/mol. The summed E-state index contributed by atoms with van der Waals surface area (Å²) in [5.74, 6) is 1.13. The molecule has 0 fully saturated rings. The molecular weight excluding hydrogens is 238 g/mol. The van der Waals surface area contributed by atoms with Crippen molar-refractivity contribution in [2.24, 2.45) is 0 Å². The fourth-order valence-corrected chi connectivity index (χ4v) is 1.88. The maximum Gasteiger partial charge on any atom is 0.247 e. The van der Waals surface area contributed by atoms with Crippen molar-refractivity contribution in [3.63, 3.8) is 0 Å². The fourth-order valence-electron chi connectivity index (χ4n) is 1.88. The summed E-state index contributed by atoms with van der Waals surface area (Å²) in [7, 11) is 0. The van der Waals surface area contributed by atoms with E-state index in [0.29, 0.717) is 17.8 Å². The summed E-state index contributed by atoms with van der Waals surface area (Å²) in [6, 6.07) is 8.41. The molecule has 100 valence electrons. The highest BCUT2D eigenvalue weighted by molar-refractivity contribution is 5.61. The van der Waals surface area contributed by atoms with Crippen molar-refractivity contribution in [3.05, 3.63) is 42.8 Å². The molecular formula is C15H19N3O. The summed E-state index contributed by atoms with van der Waals surface area (Å²) in [4.78, 5) is 0. The number of hydrogen-bond acceptors (Lipinski definition) is 4. The number of anilines is 1. The van der Waals surface area contributed by atoms with E-state index in [2.05, 4.69) is 29.0 Å². The second-order valence-electron chi connectivity index (χ2n) is 4.62. The first-order valence-corrected chi connectivity index (χ1v) is 6.47. The van der Waals surface area contributed by atoms with Gasteiger partial charge in [0.05, 0.1) is 0 Å². The Labute approximate surface area is 113 Å². The number of nitrogens with zero attached hydrogens (tertiary/aromatic N) is 2. The van der Waals surface area contributed by atoms with Crippen LogP contribution in [0.4, 0.5) is 5.69 Å². The number of nitrogens with one attached hydrogen (secondary N) is 1. The van der Waals surface area contributed by atoms with Gasteiger partial charge in [0.15, 0.2) is 0 Å². The van der Waals surface area contributed by atoms with Crippen LogP contribution in [0.25, 0.3) is 11.5 Å². The lowest BCUT2D eigenvalue weighted by atomic mass is 10.1. The number of aromatic nitrogens is 2. The fraction of sp³-hybridized carbons (Fsp3) is 0.333. The quantitative estimate of drug-likeness (QED) is 0.799. The number of hydrogen-bond donors (Lipinski definition) is 1. The van der Waals surface area contributed by atoms with Crippen molar-refractivity contribution >= 4 is 5.69 Å². The van der Waals surface area contributed by atoms with Crippen LogP contribution in [0.2, 0.25) is 0 Å². The molecule has 1 heterocycles. The largest absolute Gasteiger partial charge is 0.421 e. The van der Waals surface area contributed by atoms with Gasteiger partial charge in [-0.05, 0) is 38.0 Å². The van der Waals surface area contributed by atoms with Crippen molar-refractivity contribution in [1.29, 1.82) is 0 Å². The molecule has 1 N–H and O–H groups in total. The molecule has 4 nitrogen and oxygen atoms in total. The maximum absolute atomic E-state index is 5.43. The third-order valence-corrected chi connectivity index (χ3v) is 2.85. The predicted molar refractivity (Wildman–Crippen MR) is 77.0 cm³/mol. The average molecular weight is 257 g/mol. The molecule has 4 heteroatoms. The number of aryl methyl sites for hydroxylation is 1. The Balaban J connectivity index is 2.09. The van der Waals surface area contributed by atoms with Gasteiger partial charge in [0.25, 0.3) is 0 Å². The minimum atomic E-state index is 0.401. The minimum absolute atomic E-state index is 0.401. The zero-order chi connectivity index (χ0) is 13.7. The Bertz CT molecular complexity index is 548. The van der Waals surface area contributed by atoms with Crippen molar-refractivity contribution in [3.8, 4) is 11.5 Å². The summed E-state index contributed by atoms with van der Waals surface area (Å²) in [6.07, 6.45) is 4.01. The average Bonchev–Trinajstić information content (AvgIpc) is 2.83. The molecule has 1 aromatic heterocycles. The first-order valence-electron chi connectivity index (χ1n) is 6.47. The van der Waals surface area contributed by atoms with Crippen LogP contribution in [0.3, 0.4) is 0 Å². The lowest BCUT2D eigenvalue weighted by Gasteiger charge is -2.14. The summed E-state index contributed by atoms with van der Waals surface area (Å²) in [5.41, 5.74) is 1.99. The van der Waals surface area contributed by atoms with Gasteiger partial charge in [-0.1, -0.05) is 12.1 Å². The van der Waals surface area contributed by atoms with E-state index in [0.717, 1.165) is 24.1 Å². The van der Waals surface area contributed by atoms with E-state index in [1.165, 1.54) is 0 Å². The van der Waals surface area contributed by atoms with Crippen molar-refractivity contribution in [2.45, 2.75) is 32.7 Å². The van der Waals surface area contributed by atoms with E-state index in [9.17, 15) is 0 Å². The Kier molecular flexibility index (Phi) is 4.34. The molecule has 19 heavy (non-hydrogen) atoms. The smallest absolute Gasteiger partial charge is 0.247 e. The Hall–Kier alpha value is -2.10. The van der Waals surface area contributed by atoms with Gasteiger partial charge in [0.2, 0.25) is 11.8 Å². The molecule has 0 unspecified atom stereocenters. The molecule has 0 aliphatic heterocycles. The van der Waals surface area contributed by atoms with Crippen molar-refractivity contribution < 1.29 is 4.42 Å².